The zero-order chi connectivity index (χ0) is 16.9. The third-order valence-corrected chi connectivity index (χ3v) is 6.50. The zero-order valence-corrected chi connectivity index (χ0v) is 14.5. The second kappa shape index (κ2) is 8.10. The van der Waals surface area contributed by atoms with E-state index in [4.69, 9.17) is 4.74 Å². The summed E-state index contributed by atoms with van der Waals surface area (Å²) >= 11 is 0. The minimum absolute atomic E-state index is 0.00449. The van der Waals surface area contributed by atoms with Crippen molar-refractivity contribution in [3.05, 3.63) is 0 Å². The summed E-state index contributed by atoms with van der Waals surface area (Å²) in [6.07, 6.45) is 4.64. The topological polar surface area (TPSA) is 84.0 Å². The van der Waals surface area contributed by atoms with Crippen LogP contribution in [0, 0.1) is 0 Å². The second-order valence-electron chi connectivity index (χ2n) is 6.15. The normalized spacial score (nSPS) is 23.0. The van der Waals surface area contributed by atoms with E-state index in [1.165, 1.54) is 11.4 Å². The summed E-state index contributed by atoms with van der Waals surface area (Å²) in [5.41, 5.74) is 0. The molecule has 2 heterocycles. The van der Waals surface area contributed by atoms with E-state index in [1.54, 1.807) is 4.90 Å². The second-order valence-corrected chi connectivity index (χ2v) is 8.24. The summed E-state index contributed by atoms with van der Waals surface area (Å²) in [6.45, 7) is 1.72. The van der Waals surface area contributed by atoms with E-state index < -0.39 is 16.1 Å². The molecule has 0 unspecified atom stereocenters. The summed E-state index contributed by atoms with van der Waals surface area (Å²) < 4.78 is 30.5. The molecule has 0 spiro atoms. The number of sulfonamides is 1. The van der Waals surface area contributed by atoms with Gasteiger partial charge >= 0.3 is 5.97 Å². The van der Waals surface area contributed by atoms with Crippen molar-refractivity contribution in [1.82, 2.24) is 9.21 Å². The van der Waals surface area contributed by atoms with Gasteiger partial charge in [-0.25, -0.2) is 17.5 Å². The monoisotopic (exact) mass is 346 g/mol. The number of carbonyl (C=O) groups excluding carboxylic acids is 2. The number of nitrogens with zero attached hydrogens (tertiary/aromatic N) is 2. The molecule has 0 aromatic rings. The standard InChI is InChI=1S/C15H26N2O5S/c1-22-15(19)13-7-2-3-11-17(13)14(18)8-6-12-23(20,21)16-9-4-5-10-16/h13H,2-12H2,1H3/t13-/m1/s1. The molecule has 7 nitrogen and oxygen atoms in total. The lowest BCUT2D eigenvalue weighted by atomic mass is 10.0. The van der Waals surface area contributed by atoms with Gasteiger partial charge in [-0.3, -0.25) is 4.79 Å². The average Bonchev–Trinajstić information content (AvgIpc) is 3.09. The van der Waals surface area contributed by atoms with Gasteiger partial charge in [-0.15, -0.1) is 0 Å². The highest BCUT2D eigenvalue weighted by atomic mass is 32.2. The van der Waals surface area contributed by atoms with Crippen molar-refractivity contribution in [2.45, 2.75) is 51.0 Å². The minimum Gasteiger partial charge on any atom is -0.467 e. The molecule has 0 aromatic carbocycles. The van der Waals surface area contributed by atoms with Crippen molar-refractivity contribution < 1.29 is 22.7 Å². The van der Waals surface area contributed by atoms with Gasteiger partial charge in [0.2, 0.25) is 15.9 Å². The van der Waals surface area contributed by atoms with Crippen LogP contribution in [0.3, 0.4) is 0 Å². The molecule has 0 saturated carbocycles. The molecule has 0 N–H and O–H groups in total. The third-order valence-electron chi connectivity index (χ3n) is 4.55. The first-order chi connectivity index (χ1) is 11.0. The Morgan fingerprint density at radius 3 is 2.39 bits per heavy atom. The van der Waals surface area contributed by atoms with Gasteiger partial charge in [0.05, 0.1) is 12.9 Å². The summed E-state index contributed by atoms with van der Waals surface area (Å²) in [7, 11) is -1.93. The summed E-state index contributed by atoms with van der Waals surface area (Å²) in [6, 6.07) is -0.517. The van der Waals surface area contributed by atoms with Gasteiger partial charge in [-0.05, 0) is 38.5 Å². The van der Waals surface area contributed by atoms with Gasteiger partial charge in [0.1, 0.15) is 6.04 Å². The Hall–Kier alpha value is -1.15. The zero-order valence-electron chi connectivity index (χ0n) is 13.7. The quantitative estimate of drug-likeness (QED) is 0.663. The fourth-order valence-corrected chi connectivity index (χ4v) is 4.84. The number of rotatable bonds is 6. The number of carbonyl (C=O) groups is 2. The Kier molecular flexibility index (Phi) is 6.41. The first-order valence-corrected chi connectivity index (χ1v) is 9.92. The van der Waals surface area contributed by atoms with Crippen molar-refractivity contribution in [2.24, 2.45) is 0 Å². The molecule has 2 aliphatic rings. The van der Waals surface area contributed by atoms with Crippen molar-refractivity contribution in [2.75, 3.05) is 32.5 Å². The maximum atomic E-state index is 12.3. The van der Waals surface area contributed by atoms with Crippen molar-refractivity contribution in [3.8, 4) is 0 Å². The lowest BCUT2D eigenvalue weighted by molar-refractivity contribution is -0.154. The molecule has 0 bridgehead atoms. The molecule has 8 heteroatoms. The fourth-order valence-electron chi connectivity index (χ4n) is 3.26. The number of piperidine rings is 1. The first-order valence-electron chi connectivity index (χ1n) is 8.31. The summed E-state index contributed by atoms with van der Waals surface area (Å²) in [5, 5.41) is 0. The third kappa shape index (κ3) is 4.67. The van der Waals surface area contributed by atoms with Crippen LogP contribution in [0.15, 0.2) is 0 Å². The number of hydrogen-bond donors (Lipinski definition) is 0. The molecule has 0 aliphatic carbocycles. The molecular formula is C15H26N2O5S. The Morgan fingerprint density at radius 1 is 1.09 bits per heavy atom. The van der Waals surface area contributed by atoms with E-state index in [1.807, 2.05) is 0 Å². The van der Waals surface area contributed by atoms with Crippen LogP contribution in [0.1, 0.15) is 44.9 Å². The molecule has 2 rings (SSSR count). The van der Waals surface area contributed by atoms with Gasteiger partial charge in [0, 0.05) is 26.1 Å². The predicted molar refractivity (Wildman–Crippen MR) is 85.2 cm³/mol. The maximum Gasteiger partial charge on any atom is 0.328 e. The minimum atomic E-state index is -3.25. The van der Waals surface area contributed by atoms with E-state index in [-0.39, 0.29) is 24.1 Å². The van der Waals surface area contributed by atoms with Gasteiger partial charge in [0.15, 0.2) is 0 Å². The lowest BCUT2D eigenvalue weighted by Gasteiger charge is -2.33. The van der Waals surface area contributed by atoms with E-state index in [9.17, 15) is 18.0 Å². The maximum absolute atomic E-state index is 12.3. The number of amides is 1. The Morgan fingerprint density at radius 2 is 1.74 bits per heavy atom. The molecule has 23 heavy (non-hydrogen) atoms. The van der Waals surface area contributed by atoms with Crippen LogP contribution in [0.5, 0.6) is 0 Å². The fraction of sp³-hybridized carbons (Fsp3) is 0.867. The number of methoxy groups -OCH3 is 1. The highest BCUT2D eigenvalue weighted by Gasteiger charge is 2.33. The SMILES string of the molecule is COC(=O)[C@H]1CCCCN1C(=O)CCCS(=O)(=O)N1CCCC1. The molecule has 2 aliphatic heterocycles. The van der Waals surface area contributed by atoms with Crippen molar-refractivity contribution >= 4 is 21.9 Å². The van der Waals surface area contributed by atoms with Crippen LogP contribution >= 0.6 is 0 Å². The van der Waals surface area contributed by atoms with Gasteiger partial charge in [-0.2, -0.15) is 0 Å². The Balaban J connectivity index is 1.84. The van der Waals surface area contributed by atoms with Gasteiger partial charge < -0.3 is 9.64 Å². The van der Waals surface area contributed by atoms with Gasteiger partial charge in [-0.1, -0.05) is 0 Å². The van der Waals surface area contributed by atoms with Crippen LogP contribution in [0.2, 0.25) is 0 Å². The molecule has 1 amide bonds. The first kappa shape index (κ1) is 18.2. The molecule has 0 aromatic heterocycles. The summed E-state index contributed by atoms with van der Waals surface area (Å²) in [5.74, 6) is -0.547. The number of likely N-dealkylation sites (tertiary alicyclic amines) is 1. The molecule has 132 valence electrons. The highest BCUT2D eigenvalue weighted by Crippen LogP contribution is 2.20. The van der Waals surface area contributed by atoms with E-state index in [2.05, 4.69) is 0 Å². The Labute approximate surface area is 138 Å². The van der Waals surface area contributed by atoms with Crippen LogP contribution in [0.4, 0.5) is 0 Å². The van der Waals surface area contributed by atoms with Crippen LogP contribution in [-0.2, 0) is 24.3 Å². The van der Waals surface area contributed by atoms with E-state index in [0.29, 0.717) is 32.5 Å². The largest absolute Gasteiger partial charge is 0.467 e. The van der Waals surface area contributed by atoms with E-state index in [0.717, 1.165) is 25.7 Å². The molecule has 1 atom stereocenters. The molecule has 2 fully saturated rings. The number of hydrogen-bond acceptors (Lipinski definition) is 5. The number of esters is 1. The lowest BCUT2D eigenvalue weighted by Crippen LogP contribution is -2.48. The van der Waals surface area contributed by atoms with Gasteiger partial charge in [0.25, 0.3) is 0 Å². The van der Waals surface area contributed by atoms with Crippen LogP contribution < -0.4 is 0 Å². The van der Waals surface area contributed by atoms with Crippen molar-refractivity contribution in [3.63, 3.8) is 0 Å². The molecule has 2 saturated heterocycles. The average molecular weight is 346 g/mol. The smallest absolute Gasteiger partial charge is 0.328 e. The van der Waals surface area contributed by atoms with Crippen LogP contribution in [-0.4, -0.2) is 68.0 Å². The van der Waals surface area contributed by atoms with Crippen LogP contribution in [0.25, 0.3) is 0 Å². The van der Waals surface area contributed by atoms with E-state index >= 15 is 0 Å². The predicted octanol–water partition coefficient (Wildman–Crippen LogP) is 0.746. The molecular weight excluding hydrogens is 320 g/mol. The summed E-state index contributed by atoms with van der Waals surface area (Å²) in [4.78, 5) is 25.7. The highest BCUT2D eigenvalue weighted by molar-refractivity contribution is 7.89. The molecule has 0 radical (unpaired) electrons. The Bertz CT molecular complexity index is 528. The number of ether oxygens (including phenoxy) is 1. The van der Waals surface area contributed by atoms with Crippen molar-refractivity contribution in [1.29, 1.82) is 0 Å².